The molecule has 0 bridgehead atoms. The number of halogens is 6. The second-order valence-corrected chi connectivity index (χ2v) is 2.17. The summed E-state index contributed by atoms with van der Waals surface area (Å²) in [6.45, 7) is 0. The SMILES string of the molecule is FC(F)(F)Oc1ccoc1OC(F)(F)F. The number of ether oxygens (including phenoxy) is 2. The van der Waals surface area contributed by atoms with E-state index in [9.17, 15) is 26.3 Å². The fourth-order valence-electron chi connectivity index (χ4n) is 0.664. The summed E-state index contributed by atoms with van der Waals surface area (Å²) >= 11 is 0. The topological polar surface area (TPSA) is 31.6 Å². The summed E-state index contributed by atoms with van der Waals surface area (Å²) in [5, 5.41) is 0. The first kappa shape index (κ1) is 11.5. The first-order valence-corrected chi connectivity index (χ1v) is 3.26. The van der Waals surface area contributed by atoms with E-state index < -0.39 is 24.4 Å². The molecule has 0 saturated heterocycles. The van der Waals surface area contributed by atoms with Crippen LogP contribution in [0.25, 0.3) is 0 Å². The minimum Gasteiger partial charge on any atom is -0.431 e. The van der Waals surface area contributed by atoms with E-state index in [2.05, 4.69) is 13.9 Å². The van der Waals surface area contributed by atoms with Gasteiger partial charge >= 0.3 is 18.7 Å². The Morgan fingerprint density at radius 1 is 0.933 bits per heavy atom. The van der Waals surface area contributed by atoms with Crippen molar-refractivity contribution in [3.05, 3.63) is 12.3 Å². The van der Waals surface area contributed by atoms with E-state index in [-0.39, 0.29) is 0 Å². The zero-order valence-electron chi connectivity index (χ0n) is 6.65. The molecule has 0 aliphatic carbocycles. The quantitative estimate of drug-likeness (QED) is 0.739. The van der Waals surface area contributed by atoms with Gasteiger partial charge in [-0.3, -0.25) is 0 Å². The molecule has 0 amide bonds. The molecule has 0 radical (unpaired) electrons. The summed E-state index contributed by atoms with van der Waals surface area (Å²) in [4.78, 5) is 0. The molecule has 9 heteroatoms. The lowest BCUT2D eigenvalue weighted by Crippen LogP contribution is -2.20. The van der Waals surface area contributed by atoms with E-state index in [1.165, 1.54) is 0 Å². The summed E-state index contributed by atoms with van der Waals surface area (Å²) in [5.41, 5.74) is 0. The van der Waals surface area contributed by atoms with Crippen LogP contribution in [0.5, 0.6) is 11.7 Å². The second-order valence-electron chi connectivity index (χ2n) is 2.17. The molecule has 0 aromatic carbocycles. The molecule has 3 nitrogen and oxygen atoms in total. The first-order chi connectivity index (χ1) is 6.67. The van der Waals surface area contributed by atoms with Crippen LogP contribution in [0.15, 0.2) is 16.7 Å². The Morgan fingerprint density at radius 2 is 1.47 bits per heavy atom. The van der Waals surface area contributed by atoms with Crippen molar-refractivity contribution in [1.82, 2.24) is 0 Å². The number of furan rings is 1. The summed E-state index contributed by atoms with van der Waals surface area (Å²) in [6, 6.07) is 0.550. The molecule has 1 heterocycles. The smallest absolute Gasteiger partial charge is 0.431 e. The summed E-state index contributed by atoms with van der Waals surface area (Å²) < 4.78 is 80.1. The van der Waals surface area contributed by atoms with Gasteiger partial charge in [0.2, 0.25) is 5.75 Å². The minimum atomic E-state index is -5.15. The lowest BCUT2D eigenvalue weighted by Gasteiger charge is -2.10. The third kappa shape index (κ3) is 4.00. The van der Waals surface area contributed by atoms with E-state index in [0.717, 1.165) is 0 Å². The van der Waals surface area contributed by atoms with Crippen LogP contribution in [-0.4, -0.2) is 12.7 Å². The lowest BCUT2D eigenvalue weighted by atomic mass is 10.6. The maximum Gasteiger partial charge on any atom is 0.575 e. The van der Waals surface area contributed by atoms with Gasteiger partial charge in [0.25, 0.3) is 0 Å². The maximum atomic E-state index is 11.6. The van der Waals surface area contributed by atoms with Crippen molar-refractivity contribution in [2.75, 3.05) is 0 Å². The molecule has 0 unspecified atom stereocenters. The van der Waals surface area contributed by atoms with E-state index in [1.54, 1.807) is 0 Å². The predicted molar refractivity (Wildman–Crippen MR) is 32.1 cm³/mol. The van der Waals surface area contributed by atoms with E-state index >= 15 is 0 Å². The van der Waals surface area contributed by atoms with Gasteiger partial charge < -0.3 is 13.9 Å². The van der Waals surface area contributed by atoms with E-state index in [0.29, 0.717) is 12.3 Å². The van der Waals surface area contributed by atoms with E-state index in [1.807, 2.05) is 0 Å². The third-order valence-electron chi connectivity index (χ3n) is 1.03. The summed E-state index contributed by atoms with van der Waals surface area (Å²) in [6.07, 6.45) is -9.70. The molecule has 1 rings (SSSR count). The van der Waals surface area contributed by atoms with Gasteiger partial charge in [0, 0.05) is 6.07 Å². The van der Waals surface area contributed by atoms with Gasteiger partial charge in [0.05, 0.1) is 6.26 Å². The Balaban J connectivity index is 2.79. The highest BCUT2D eigenvalue weighted by Crippen LogP contribution is 2.36. The van der Waals surface area contributed by atoms with Gasteiger partial charge in [0.15, 0.2) is 0 Å². The fourth-order valence-corrected chi connectivity index (χ4v) is 0.664. The van der Waals surface area contributed by atoms with Crippen LogP contribution in [0.3, 0.4) is 0 Å². The van der Waals surface area contributed by atoms with Gasteiger partial charge in [-0.2, -0.15) is 0 Å². The molecular weight excluding hydrogens is 234 g/mol. The largest absolute Gasteiger partial charge is 0.575 e. The van der Waals surface area contributed by atoms with Crippen LogP contribution in [0.1, 0.15) is 0 Å². The highest BCUT2D eigenvalue weighted by atomic mass is 19.4. The van der Waals surface area contributed by atoms with Crippen LogP contribution in [-0.2, 0) is 0 Å². The second kappa shape index (κ2) is 3.55. The van der Waals surface area contributed by atoms with Gasteiger partial charge in [0.1, 0.15) is 0 Å². The van der Waals surface area contributed by atoms with Crippen molar-refractivity contribution in [3.8, 4) is 11.7 Å². The summed E-state index contributed by atoms with van der Waals surface area (Å²) in [5.74, 6) is -2.60. The summed E-state index contributed by atoms with van der Waals surface area (Å²) in [7, 11) is 0. The highest BCUT2D eigenvalue weighted by Gasteiger charge is 2.38. The molecule has 15 heavy (non-hydrogen) atoms. The van der Waals surface area contributed by atoms with Gasteiger partial charge in [-0.1, -0.05) is 0 Å². The normalized spacial score (nSPS) is 12.7. The van der Waals surface area contributed by atoms with E-state index in [4.69, 9.17) is 0 Å². The van der Waals surface area contributed by atoms with Crippen molar-refractivity contribution in [2.24, 2.45) is 0 Å². The molecule has 0 spiro atoms. The molecule has 1 aromatic heterocycles. The molecule has 0 aliphatic heterocycles. The van der Waals surface area contributed by atoms with Crippen molar-refractivity contribution >= 4 is 0 Å². The van der Waals surface area contributed by atoms with Crippen LogP contribution in [0.2, 0.25) is 0 Å². The lowest BCUT2D eigenvalue weighted by molar-refractivity contribution is -0.291. The molecule has 0 N–H and O–H groups in total. The van der Waals surface area contributed by atoms with Crippen molar-refractivity contribution in [3.63, 3.8) is 0 Å². The monoisotopic (exact) mass is 236 g/mol. The molecule has 0 saturated carbocycles. The van der Waals surface area contributed by atoms with Crippen molar-refractivity contribution in [2.45, 2.75) is 12.7 Å². The average Bonchev–Trinajstić information content (AvgIpc) is 2.29. The number of hydrogen-bond acceptors (Lipinski definition) is 3. The van der Waals surface area contributed by atoms with Crippen LogP contribution in [0, 0.1) is 0 Å². The molecule has 0 fully saturated rings. The first-order valence-electron chi connectivity index (χ1n) is 3.26. The number of hydrogen-bond donors (Lipinski definition) is 0. The van der Waals surface area contributed by atoms with Crippen molar-refractivity contribution < 1.29 is 40.2 Å². The number of alkyl halides is 6. The van der Waals surface area contributed by atoms with Crippen LogP contribution < -0.4 is 9.47 Å². The van der Waals surface area contributed by atoms with Crippen molar-refractivity contribution in [1.29, 1.82) is 0 Å². The highest BCUT2D eigenvalue weighted by molar-refractivity contribution is 5.30. The Hall–Kier alpha value is -1.54. The Bertz CT molecular complexity index is 294. The standard InChI is InChI=1S/C6H2F6O3/c7-5(8,9)14-3-1-2-13-4(3)15-6(10,11)12/h1-2H. The fraction of sp³-hybridized carbons (Fsp3) is 0.333. The predicted octanol–water partition coefficient (Wildman–Crippen LogP) is 3.08. The Labute approximate surface area is 78.2 Å². The molecule has 1 aromatic rings. The molecule has 0 aliphatic rings. The zero-order valence-corrected chi connectivity index (χ0v) is 6.65. The van der Waals surface area contributed by atoms with Crippen LogP contribution in [0.4, 0.5) is 26.3 Å². The molecular formula is C6H2F6O3. The van der Waals surface area contributed by atoms with Gasteiger partial charge in [-0.05, 0) is 0 Å². The minimum absolute atomic E-state index is 0.550. The maximum absolute atomic E-state index is 11.6. The average molecular weight is 236 g/mol. The number of rotatable bonds is 2. The van der Waals surface area contributed by atoms with Gasteiger partial charge in [-0.15, -0.1) is 26.3 Å². The molecule has 86 valence electrons. The third-order valence-corrected chi connectivity index (χ3v) is 1.03. The Kier molecular flexibility index (Phi) is 2.73. The molecule has 0 atom stereocenters. The Morgan fingerprint density at radius 3 is 1.93 bits per heavy atom. The van der Waals surface area contributed by atoms with Gasteiger partial charge in [-0.25, -0.2) is 0 Å². The van der Waals surface area contributed by atoms with Crippen LogP contribution >= 0.6 is 0 Å². The zero-order chi connectivity index (χ0) is 11.7.